The van der Waals surface area contributed by atoms with E-state index in [0.29, 0.717) is 29.4 Å². The second-order valence-corrected chi connectivity index (χ2v) is 5.84. The van der Waals surface area contributed by atoms with Crippen LogP contribution in [0, 0.1) is 6.92 Å². The highest BCUT2D eigenvalue weighted by molar-refractivity contribution is 7.79. The number of allylic oxidation sites excluding steroid dienone is 1. The van der Waals surface area contributed by atoms with Gasteiger partial charge in [-0.15, -0.1) is 0 Å². The summed E-state index contributed by atoms with van der Waals surface area (Å²) < 4.78 is 43.3. The van der Waals surface area contributed by atoms with Crippen LogP contribution in [0.4, 0.5) is 0 Å². The van der Waals surface area contributed by atoms with Crippen LogP contribution in [-0.4, -0.2) is 43.0 Å². The van der Waals surface area contributed by atoms with Crippen LogP contribution >= 0.6 is 0 Å². The molecule has 0 radical (unpaired) electrons. The lowest BCUT2D eigenvalue weighted by atomic mass is 10.0. The number of benzene rings is 1. The molecule has 0 saturated carbocycles. The summed E-state index contributed by atoms with van der Waals surface area (Å²) in [5.41, 5.74) is 2.47. The van der Waals surface area contributed by atoms with E-state index in [2.05, 4.69) is 0 Å². The molecule has 1 aromatic carbocycles. The fraction of sp³-hybridized carbons (Fsp3) is 0.500. The predicted molar refractivity (Wildman–Crippen MR) is 88.6 cm³/mol. The first-order valence-corrected chi connectivity index (χ1v) is 8.22. The van der Waals surface area contributed by atoms with Gasteiger partial charge in [0.25, 0.3) is 0 Å². The first kappa shape index (κ1) is 19.3. The van der Waals surface area contributed by atoms with Crippen LogP contribution < -0.4 is 18.9 Å². The molecule has 6 nitrogen and oxygen atoms in total. The predicted octanol–water partition coefficient (Wildman–Crippen LogP) is 2.40. The van der Waals surface area contributed by atoms with Gasteiger partial charge in [-0.05, 0) is 20.3 Å². The van der Waals surface area contributed by atoms with Gasteiger partial charge in [0.05, 0.1) is 28.4 Å². The van der Waals surface area contributed by atoms with Crippen LogP contribution in [0.15, 0.2) is 11.6 Å². The van der Waals surface area contributed by atoms with Crippen LogP contribution in [0.1, 0.15) is 18.1 Å². The highest BCUT2D eigenvalue weighted by atomic mass is 32.2. The zero-order valence-electron chi connectivity index (χ0n) is 14.3. The third-order valence-corrected chi connectivity index (χ3v) is 4.19. The minimum atomic E-state index is -2.10. The normalized spacial score (nSPS) is 12.7. The molecular weight excluding hydrogens is 320 g/mol. The van der Waals surface area contributed by atoms with E-state index in [4.69, 9.17) is 18.9 Å². The van der Waals surface area contributed by atoms with Crippen LogP contribution in [0.2, 0.25) is 0 Å². The molecule has 0 saturated heterocycles. The molecule has 0 aliphatic carbocycles. The van der Waals surface area contributed by atoms with Crippen molar-refractivity contribution in [2.24, 2.45) is 0 Å². The lowest BCUT2D eigenvalue weighted by Gasteiger charge is -2.21. The van der Waals surface area contributed by atoms with Crippen molar-refractivity contribution < 1.29 is 27.7 Å². The molecule has 23 heavy (non-hydrogen) atoms. The second-order valence-electron chi connectivity index (χ2n) is 4.94. The number of hydrogen-bond donors (Lipinski definition) is 0. The van der Waals surface area contributed by atoms with Gasteiger partial charge in [0.1, 0.15) is 0 Å². The van der Waals surface area contributed by atoms with Crippen molar-refractivity contribution in [1.29, 1.82) is 0 Å². The van der Waals surface area contributed by atoms with Crippen LogP contribution in [0.25, 0.3) is 0 Å². The average Bonchev–Trinajstić information content (AvgIpc) is 2.51. The van der Waals surface area contributed by atoms with Crippen molar-refractivity contribution in [3.05, 3.63) is 22.8 Å². The molecule has 0 heterocycles. The maximum Gasteiger partial charge on any atom is 0.207 e. The molecular formula is C16H23O6S-. The van der Waals surface area contributed by atoms with Crippen molar-refractivity contribution in [2.75, 3.05) is 34.2 Å². The van der Waals surface area contributed by atoms with Gasteiger partial charge >= 0.3 is 0 Å². The quantitative estimate of drug-likeness (QED) is 0.533. The molecule has 0 aliphatic heterocycles. The Kier molecular flexibility index (Phi) is 7.38. The summed E-state index contributed by atoms with van der Waals surface area (Å²) in [7, 11) is 6.17. The van der Waals surface area contributed by atoms with Crippen molar-refractivity contribution in [1.82, 2.24) is 0 Å². The van der Waals surface area contributed by atoms with Crippen molar-refractivity contribution >= 4 is 11.1 Å². The smallest absolute Gasteiger partial charge is 0.207 e. The lowest BCUT2D eigenvalue weighted by Crippen LogP contribution is -2.05. The van der Waals surface area contributed by atoms with Gasteiger partial charge < -0.3 is 23.5 Å². The molecule has 0 spiro atoms. The summed E-state index contributed by atoms with van der Waals surface area (Å²) in [6, 6.07) is 0. The van der Waals surface area contributed by atoms with Crippen molar-refractivity contribution in [2.45, 2.75) is 20.3 Å². The van der Waals surface area contributed by atoms with E-state index >= 15 is 0 Å². The highest BCUT2D eigenvalue weighted by Gasteiger charge is 2.24. The van der Waals surface area contributed by atoms with Crippen molar-refractivity contribution in [3.63, 3.8) is 0 Å². The number of rotatable bonds is 8. The molecule has 1 rings (SSSR count). The summed E-state index contributed by atoms with van der Waals surface area (Å²) >= 11 is -2.10. The Balaban J connectivity index is 3.43. The summed E-state index contributed by atoms with van der Waals surface area (Å²) in [6.45, 7) is 3.67. The van der Waals surface area contributed by atoms with E-state index in [-0.39, 0.29) is 5.75 Å². The zero-order chi connectivity index (χ0) is 17.6. The lowest BCUT2D eigenvalue weighted by molar-refractivity contribution is 0.302. The van der Waals surface area contributed by atoms with Gasteiger partial charge in [-0.2, -0.15) is 0 Å². The third kappa shape index (κ3) is 4.39. The SMILES string of the molecule is COc1c(C)c(C/C=C(\C)CS(=O)[O-])c(OC)c(OC)c1OC. The Morgan fingerprint density at radius 3 is 1.91 bits per heavy atom. The number of hydrogen-bond acceptors (Lipinski definition) is 6. The van der Waals surface area contributed by atoms with Crippen LogP contribution in [0.3, 0.4) is 0 Å². The maximum absolute atomic E-state index is 10.8. The molecule has 1 unspecified atom stereocenters. The number of methoxy groups -OCH3 is 4. The minimum absolute atomic E-state index is 0.00574. The second kappa shape index (κ2) is 8.79. The largest absolute Gasteiger partial charge is 0.772 e. The van der Waals surface area contributed by atoms with E-state index in [1.807, 2.05) is 13.0 Å². The summed E-state index contributed by atoms with van der Waals surface area (Å²) in [5.74, 6) is 2.04. The number of ether oxygens (including phenoxy) is 4. The fourth-order valence-corrected chi connectivity index (χ4v) is 2.91. The monoisotopic (exact) mass is 343 g/mol. The van der Waals surface area contributed by atoms with Gasteiger partial charge in [0.15, 0.2) is 11.5 Å². The van der Waals surface area contributed by atoms with E-state index in [9.17, 15) is 8.76 Å². The standard InChI is InChI=1S/C16H24O6S/c1-10(9-23(17)18)7-8-12-11(2)13(19-3)15(21-5)16(22-6)14(12)20-4/h7H,8-9H2,1-6H3,(H,17,18)/p-1/b10-7+. The molecule has 0 N–H and O–H groups in total. The summed E-state index contributed by atoms with van der Waals surface area (Å²) in [5, 5.41) is 0. The molecule has 0 bridgehead atoms. The Morgan fingerprint density at radius 2 is 1.48 bits per heavy atom. The maximum atomic E-state index is 10.8. The highest BCUT2D eigenvalue weighted by Crippen LogP contribution is 2.49. The third-order valence-electron chi connectivity index (χ3n) is 3.50. The van der Waals surface area contributed by atoms with E-state index in [1.165, 1.54) is 14.2 Å². The molecule has 7 heteroatoms. The van der Waals surface area contributed by atoms with Gasteiger partial charge in [-0.25, -0.2) is 0 Å². The molecule has 130 valence electrons. The summed E-state index contributed by atoms with van der Waals surface area (Å²) in [4.78, 5) is 0. The van der Waals surface area contributed by atoms with Gasteiger partial charge in [-0.1, -0.05) is 22.7 Å². The first-order valence-electron chi connectivity index (χ1n) is 6.98. The molecule has 0 fully saturated rings. The average molecular weight is 343 g/mol. The molecule has 0 amide bonds. The van der Waals surface area contributed by atoms with Crippen molar-refractivity contribution in [3.8, 4) is 23.0 Å². The van der Waals surface area contributed by atoms with Gasteiger partial charge in [-0.3, -0.25) is 4.21 Å². The van der Waals surface area contributed by atoms with Gasteiger partial charge in [0.2, 0.25) is 11.5 Å². The van der Waals surface area contributed by atoms with E-state index in [0.717, 1.165) is 16.7 Å². The van der Waals surface area contributed by atoms with Gasteiger partial charge in [0, 0.05) is 16.9 Å². The Labute approximate surface area is 139 Å². The molecule has 1 atom stereocenters. The topological polar surface area (TPSA) is 77.1 Å². The molecule has 0 aliphatic rings. The fourth-order valence-electron chi connectivity index (χ4n) is 2.42. The molecule has 1 aromatic rings. The van der Waals surface area contributed by atoms with Crippen LogP contribution in [0.5, 0.6) is 23.0 Å². The Morgan fingerprint density at radius 1 is 1.00 bits per heavy atom. The van der Waals surface area contributed by atoms with E-state index < -0.39 is 11.1 Å². The Bertz CT molecular complexity index is 609. The summed E-state index contributed by atoms with van der Waals surface area (Å²) in [6.07, 6.45) is 2.35. The molecule has 0 aromatic heterocycles. The van der Waals surface area contributed by atoms with Crippen LogP contribution in [-0.2, 0) is 17.5 Å². The van der Waals surface area contributed by atoms with E-state index in [1.54, 1.807) is 21.1 Å². The zero-order valence-corrected chi connectivity index (χ0v) is 15.2. The minimum Gasteiger partial charge on any atom is -0.772 e. The first-order chi connectivity index (χ1) is 10.9. The Hall–Kier alpha value is -1.73.